The van der Waals surface area contributed by atoms with Crippen molar-refractivity contribution in [2.24, 2.45) is 0 Å². The first-order chi connectivity index (χ1) is 24.2. The Bertz CT molecular complexity index is 883. The number of hydrogen-bond acceptors (Lipinski definition) is 12. The molecule has 0 amide bonds. The number of unbranched alkanes of at least 4 members (excludes halogenated alkanes) is 27. The molecule has 0 aliphatic rings. The van der Waals surface area contributed by atoms with Crippen LogP contribution in [0.1, 0.15) is 213 Å². The van der Waals surface area contributed by atoms with Crippen LogP contribution in [0, 0.1) is 41.7 Å². The molecule has 0 saturated carbocycles. The third-order valence-corrected chi connectivity index (χ3v) is 9.54. The average Bonchev–Trinajstić information content (AvgIpc) is 3.04. The molecule has 0 fully saturated rings. The molecule has 0 saturated heterocycles. The monoisotopic (exact) mass is 935 g/mol. The first-order valence-electron chi connectivity index (χ1n) is 20.0. The van der Waals surface area contributed by atoms with Crippen molar-refractivity contribution in [3.63, 3.8) is 0 Å². The Morgan fingerprint density at radius 2 is 0.423 bits per heavy atom. The molecule has 1 radical (unpaired) electrons. The molecule has 52 heavy (non-hydrogen) atoms. The molecule has 0 aliphatic carbocycles. The van der Waals surface area contributed by atoms with Gasteiger partial charge in [-0.2, -0.15) is 0 Å². The summed E-state index contributed by atoms with van der Waals surface area (Å²) in [7, 11) is -13.5. The molecular formula is C36H75CeO12S3. The van der Waals surface area contributed by atoms with Gasteiger partial charge in [-0.15, -0.1) is 0 Å². The average molecular weight is 936 g/mol. The normalized spacial score (nSPS) is 11.7. The van der Waals surface area contributed by atoms with Gasteiger partial charge in [0.15, 0.2) is 0 Å². The first-order valence-corrected chi connectivity index (χ1v) is 24.0. The summed E-state index contributed by atoms with van der Waals surface area (Å²) in [5.41, 5.74) is 0. The van der Waals surface area contributed by atoms with Gasteiger partial charge in [-0.25, -0.2) is 25.3 Å². The van der Waals surface area contributed by atoms with Crippen LogP contribution >= 0.6 is 0 Å². The Morgan fingerprint density at radius 1 is 0.288 bits per heavy atom. The molecule has 0 bridgehead atoms. The van der Waals surface area contributed by atoms with E-state index in [2.05, 4.69) is 33.3 Å². The van der Waals surface area contributed by atoms with E-state index in [0.29, 0.717) is 19.3 Å². The third-order valence-electron chi connectivity index (χ3n) is 8.18. The van der Waals surface area contributed by atoms with Gasteiger partial charge in [-0.3, -0.25) is 12.5 Å². The van der Waals surface area contributed by atoms with Crippen molar-refractivity contribution in [1.29, 1.82) is 0 Å². The fourth-order valence-electron chi connectivity index (χ4n) is 5.25. The third kappa shape index (κ3) is 68.9. The summed E-state index contributed by atoms with van der Waals surface area (Å²) in [5.74, 6) is 0. The fourth-order valence-corrected chi connectivity index (χ4v) is 6.22. The minimum absolute atomic E-state index is 0. The molecule has 313 valence electrons. The van der Waals surface area contributed by atoms with Crippen LogP contribution in [-0.4, -0.2) is 58.7 Å². The zero-order valence-corrected chi connectivity index (χ0v) is 38.5. The van der Waals surface area contributed by atoms with E-state index in [0.717, 1.165) is 38.5 Å². The van der Waals surface area contributed by atoms with Crippen LogP contribution in [0.5, 0.6) is 0 Å². The summed E-state index contributed by atoms with van der Waals surface area (Å²) in [6, 6.07) is 0. The topological polar surface area (TPSA) is 199 Å². The van der Waals surface area contributed by atoms with Crippen molar-refractivity contribution in [3.05, 3.63) is 0 Å². The second kappa shape index (κ2) is 44.7. The van der Waals surface area contributed by atoms with Crippen LogP contribution in [0.4, 0.5) is 0 Å². The molecule has 0 aromatic rings. The molecule has 0 aromatic heterocycles. The maximum Gasteiger partial charge on any atom is 3.00 e. The molecule has 12 nitrogen and oxygen atoms in total. The van der Waals surface area contributed by atoms with Gasteiger partial charge in [-0.1, -0.05) is 194 Å². The van der Waals surface area contributed by atoms with Crippen LogP contribution in [0.15, 0.2) is 0 Å². The molecule has 0 atom stereocenters. The van der Waals surface area contributed by atoms with Gasteiger partial charge in [0.2, 0.25) is 31.2 Å². The first kappa shape index (κ1) is 59.7. The van der Waals surface area contributed by atoms with Gasteiger partial charge in [0.05, 0.1) is 19.8 Å². The molecule has 0 N–H and O–H groups in total. The molecule has 0 heterocycles. The van der Waals surface area contributed by atoms with E-state index in [1.807, 2.05) is 0 Å². The Kier molecular flexibility index (Phi) is 51.3. The Labute approximate surface area is 354 Å². The molecule has 0 unspecified atom stereocenters. The SMILES string of the molecule is CCCCCCCCCCCCOS(=O)(=O)[O-].CCCCCCCCCCCCOS(=O)(=O)[O-].CCCCCCCCCCCCOS(=O)(=O)[O-].[Ce+3]. The maximum atomic E-state index is 10.1. The van der Waals surface area contributed by atoms with Crippen LogP contribution in [-0.2, 0) is 43.7 Å². The van der Waals surface area contributed by atoms with Gasteiger partial charge in [0.25, 0.3) is 0 Å². The van der Waals surface area contributed by atoms with E-state index < -0.39 is 31.2 Å². The zero-order valence-electron chi connectivity index (χ0n) is 33.0. The summed E-state index contributed by atoms with van der Waals surface area (Å²) in [6.45, 7) is 6.73. The molecule has 0 rings (SSSR count). The fraction of sp³-hybridized carbons (Fsp3) is 1.00. The Hall–Kier alpha value is 0.987. The van der Waals surface area contributed by atoms with Crippen molar-refractivity contribution < 1.29 is 93.2 Å². The number of hydrogen-bond donors (Lipinski definition) is 0. The van der Waals surface area contributed by atoms with Crippen molar-refractivity contribution in [3.8, 4) is 0 Å². The second-order valence-corrected chi connectivity index (χ2v) is 16.4. The Morgan fingerprint density at radius 3 is 0.558 bits per heavy atom. The van der Waals surface area contributed by atoms with Crippen molar-refractivity contribution in [1.82, 2.24) is 0 Å². The summed E-state index contributed by atoms with van der Waals surface area (Å²) >= 11 is 0. The minimum atomic E-state index is -4.48. The van der Waals surface area contributed by atoms with Gasteiger partial charge >= 0.3 is 41.7 Å². The number of rotatable bonds is 36. The quantitative estimate of drug-likeness (QED) is 0.0328. The maximum absolute atomic E-state index is 10.1. The van der Waals surface area contributed by atoms with Gasteiger partial charge in [0.1, 0.15) is 0 Å². The van der Waals surface area contributed by atoms with E-state index in [9.17, 15) is 38.9 Å². The van der Waals surface area contributed by atoms with Crippen molar-refractivity contribution in [2.45, 2.75) is 213 Å². The van der Waals surface area contributed by atoms with Gasteiger partial charge in [-0.05, 0) is 19.3 Å². The summed E-state index contributed by atoms with van der Waals surface area (Å²) in [4.78, 5) is 0. The van der Waals surface area contributed by atoms with Gasteiger partial charge < -0.3 is 13.7 Å². The van der Waals surface area contributed by atoms with Crippen LogP contribution in [0.3, 0.4) is 0 Å². The zero-order chi connectivity index (χ0) is 39.0. The van der Waals surface area contributed by atoms with E-state index in [-0.39, 0.29) is 61.6 Å². The molecular weight excluding hydrogens is 861 g/mol. The van der Waals surface area contributed by atoms with E-state index in [4.69, 9.17) is 0 Å². The molecule has 0 spiro atoms. The predicted octanol–water partition coefficient (Wildman–Crippen LogP) is 10.2. The van der Waals surface area contributed by atoms with E-state index in [1.54, 1.807) is 0 Å². The summed E-state index contributed by atoms with van der Waals surface area (Å²) < 4.78 is 103. The van der Waals surface area contributed by atoms with Crippen LogP contribution in [0.25, 0.3) is 0 Å². The van der Waals surface area contributed by atoms with Crippen LogP contribution < -0.4 is 0 Å². The summed E-state index contributed by atoms with van der Waals surface area (Å²) in [6.07, 6.45) is 35.1. The van der Waals surface area contributed by atoms with Crippen molar-refractivity contribution in [2.75, 3.05) is 19.8 Å². The van der Waals surface area contributed by atoms with E-state index in [1.165, 1.54) is 135 Å². The van der Waals surface area contributed by atoms with Crippen molar-refractivity contribution >= 4 is 31.2 Å². The second-order valence-electron chi connectivity index (χ2n) is 13.2. The molecule has 0 aliphatic heterocycles. The predicted molar refractivity (Wildman–Crippen MR) is 202 cm³/mol. The largest absolute Gasteiger partial charge is 3.00 e. The van der Waals surface area contributed by atoms with E-state index >= 15 is 0 Å². The standard InChI is InChI=1S/3C12H26O4S.Ce/c3*1-2-3-4-5-6-7-8-9-10-11-12-16-17(13,14)15;/h3*2-12H2,1H3,(H,13,14,15);/q;;;+3/p-3. The summed E-state index contributed by atoms with van der Waals surface area (Å²) in [5, 5.41) is 0. The molecule has 16 heteroatoms. The smallest absolute Gasteiger partial charge is 0.726 e. The molecule has 0 aromatic carbocycles. The van der Waals surface area contributed by atoms with Crippen LogP contribution in [0.2, 0.25) is 0 Å². The van der Waals surface area contributed by atoms with Gasteiger partial charge in [0, 0.05) is 0 Å². The minimum Gasteiger partial charge on any atom is -0.726 e. The Balaban J connectivity index is -0.000000329.